The molecule has 5 rings (SSSR count). The van der Waals surface area contributed by atoms with Crippen LogP contribution in [0.15, 0.2) is 36.7 Å². The molecule has 6 nitrogen and oxygen atoms in total. The van der Waals surface area contributed by atoms with Gasteiger partial charge in [0.05, 0.1) is 30.9 Å². The standard InChI is InChI=1S/C19H15F4N5O/c20-14-2-1-11(25-18(29)13-5-15(13)21)4-16(14)28-7-10-3-12(6-24-17(10)26-28)27-8-19(22,23)9-27/h1-4,6-7,13,15H,5,8-9H2,(H,25,29)/t13-,15-/m1/s1. The highest BCUT2D eigenvalue weighted by Gasteiger charge is 2.44. The van der Waals surface area contributed by atoms with E-state index in [4.69, 9.17) is 0 Å². The number of nitrogens with zero attached hydrogens (tertiary/aromatic N) is 4. The minimum atomic E-state index is -2.70. The monoisotopic (exact) mass is 405 g/mol. The van der Waals surface area contributed by atoms with Crippen LogP contribution in [0.3, 0.4) is 0 Å². The van der Waals surface area contributed by atoms with Crippen molar-refractivity contribution in [1.29, 1.82) is 0 Å². The molecule has 1 saturated carbocycles. The third-order valence-corrected chi connectivity index (χ3v) is 5.06. The maximum atomic E-state index is 14.4. The molecule has 1 aromatic carbocycles. The van der Waals surface area contributed by atoms with E-state index >= 15 is 0 Å². The number of alkyl halides is 3. The normalized spacial score (nSPS) is 22.4. The number of rotatable bonds is 4. The molecule has 2 aliphatic rings. The van der Waals surface area contributed by atoms with Crippen LogP contribution in [0.1, 0.15) is 6.42 Å². The molecule has 0 spiro atoms. The minimum Gasteiger partial charge on any atom is -0.358 e. The topological polar surface area (TPSA) is 63.1 Å². The lowest BCUT2D eigenvalue weighted by atomic mass is 10.1. The zero-order valence-corrected chi connectivity index (χ0v) is 14.9. The molecule has 0 unspecified atom stereocenters. The van der Waals surface area contributed by atoms with Crippen LogP contribution in [-0.4, -0.2) is 45.9 Å². The number of hydrogen-bond donors (Lipinski definition) is 1. The van der Waals surface area contributed by atoms with E-state index in [2.05, 4.69) is 15.4 Å². The minimum absolute atomic E-state index is 0.0745. The largest absolute Gasteiger partial charge is 0.358 e. The smallest absolute Gasteiger partial charge is 0.282 e. The molecule has 1 N–H and O–H groups in total. The number of halogens is 4. The molecule has 10 heteroatoms. The second-order valence-corrected chi connectivity index (χ2v) is 7.41. The lowest BCUT2D eigenvalue weighted by Crippen LogP contribution is -2.56. The third-order valence-electron chi connectivity index (χ3n) is 5.06. The first kappa shape index (κ1) is 17.9. The van der Waals surface area contributed by atoms with Crippen LogP contribution in [0.5, 0.6) is 0 Å². The summed E-state index contributed by atoms with van der Waals surface area (Å²) in [6.45, 7) is -0.739. The fourth-order valence-corrected chi connectivity index (χ4v) is 3.33. The molecule has 0 radical (unpaired) electrons. The van der Waals surface area contributed by atoms with E-state index in [-0.39, 0.29) is 25.2 Å². The Morgan fingerprint density at radius 3 is 2.69 bits per heavy atom. The Morgan fingerprint density at radius 2 is 2.00 bits per heavy atom. The molecule has 150 valence electrons. The lowest BCUT2D eigenvalue weighted by molar-refractivity contribution is -0.117. The second kappa shape index (κ2) is 6.16. The fraction of sp³-hybridized carbons (Fsp3) is 0.316. The van der Waals surface area contributed by atoms with Crippen molar-refractivity contribution in [3.8, 4) is 5.69 Å². The second-order valence-electron chi connectivity index (χ2n) is 7.41. The quantitative estimate of drug-likeness (QED) is 0.677. The SMILES string of the molecule is O=C(Nc1ccc(F)c(-n2cc3cc(N4CC(F)(F)C4)cnc3n2)c1)[C@@H]1C[C@H]1F. The molecule has 29 heavy (non-hydrogen) atoms. The van der Waals surface area contributed by atoms with E-state index in [1.807, 2.05) is 0 Å². The van der Waals surface area contributed by atoms with E-state index in [0.717, 1.165) is 0 Å². The Bertz CT molecular complexity index is 1120. The van der Waals surface area contributed by atoms with Gasteiger partial charge in [0.1, 0.15) is 17.7 Å². The third kappa shape index (κ3) is 3.28. The van der Waals surface area contributed by atoms with Gasteiger partial charge in [-0.2, -0.15) is 0 Å². The first-order chi connectivity index (χ1) is 13.8. The van der Waals surface area contributed by atoms with E-state index in [0.29, 0.717) is 22.4 Å². The lowest BCUT2D eigenvalue weighted by Gasteiger charge is -2.40. The summed E-state index contributed by atoms with van der Waals surface area (Å²) in [6.07, 6.45) is 2.05. The van der Waals surface area contributed by atoms with Gasteiger partial charge in [-0.3, -0.25) is 4.79 Å². The van der Waals surface area contributed by atoms with Gasteiger partial charge < -0.3 is 10.2 Å². The molecule has 2 fully saturated rings. The first-order valence-corrected chi connectivity index (χ1v) is 9.02. The highest BCUT2D eigenvalue weighted by molar-refractivity contribution is 5.95. The van der Waals surface area contributed by atoms with Crippen LogP contribution in [0.25, 0.3) is 16.7 Å². The van der Waals surface area contributed by atoms with Crippen LogP contribution >= 0.6 is 0 Å². The van der Waals surface area contributed by atoms with Gasteiger partial charge in [0.2, 0.25) is 5.91 Å². The summed E-state index contributed by atoms with van der Waals surface area (Å²) in [5, 5.41) is 7.35. The van der Waals surface area contributed by atoms with Crippen molar-refractivity contribution in [2.24, 2.45) is 5.92 Å². The Balaban J connectivity index is 1.42. The van der Waals surface area contributed by atoms with Crippen molar-refractivity contribution >= 4 is 28.3 Å². The zero-order chi connectivity index (χ0) is 20.3. The maximum Gasteiger partial charge on any atom is 0.282 e. The molecule has 2 aromatic heterocycles. The molecule has 3 heterocycles. The molecule has 3 aromatic rings. The van der Waals surface area contributed by atoms with Crippen LogP contribution in [0.4, 0.5) is 28.9 Å². The number of carbonyl (C=O) groups excluding carboxylic acids is 1. The Labute approximate surface area is 162 Å². The van der Waals surface area contributed by atoms with Crippen molar-refractivity contribution < 1.29 is 22.4 Å². The summed E-state index contributed by atoms with van der Waals surface area (Å²) >= 11 is 0. The molecule has 0 bridgehead atoms. The molecular formula is C19H15F4N5O. The molecular weight excluding hydrogens is 390 g/mol. The van der Waals surface area contributed by atoms with Crippen LogP contribution in [0.2, 0.25) is 0 Å². The van der Waals surface area contributed by atoms with Crippen molar-refractivity contribution in [2.75, 3.05) is 23.3 Å². The highest BCUT2D eigenvalue weighted by Crippen LogP contribution is 2.35. The van der Waals surface area contributed by atoms with E-state index in [9.17, 15) is 22.4 Å². The number of benzene rings is 1. The van der Waals surface area contributed by atoms with Crippen molar-refractivity contribution in [3.05, 3.63) is 42.5 Å². The van der Waals surface area contributed by atoms with Gasteiger partial charge in [-0.1, -0.05) is 0 Å². The first-order valence-electron chi connectivity index (χ1n) is 9.02. The van der Waals surface area contributed by atoms with Gasteiger partial charge in [0, 0.05) is 17.3 Å². The fourth-order valence-electron chi connectivity index (χ4n) is 3.33. The summed E-state index contributed by atoms with van der Waals surface area (Å²) in [7, 11) is 0. The number of fused-ring (bicyclic) bond motifs is 1. The molecule has 1 amide bonds. The summed E-state index contributed by atoms with van der Waals surface area (Å²) in [6, 6.07) is 5.62. The number of hydrogen-bond acceptors (Lipinski definition) is 4. The predicted octanol–water partition coefficient (Wildman–Crippen LogP) is 3.31. The Hall–Kier alpha value is -3.17. The van der Waals surface area contributed by atoms with Crippen LogP contribution < -0.4 is 10.2 Å². The summed E-state index contributed by atoms with van der Waals surface area (Å²) in [5.41, 5.74) is 1.26. The summed E-state index contributed by atoms with van der Waals surface area (Å²) in [4.78, 5) is 17.6. The molecule has 1 aliphatic carbocycles. The molecule has 2 atom stereocenters. The van der Waals surface area contributed by atoms with Crippen molar-refractivity contribution in [2.45, 2.75) is 18.5 Å². The van der Waals surface area contributed by atoms with Crippen molar-refractivity contribution in [1.82, 2.24) is 14.8 Å². The average molecular weight is 405 g/mol. The van der Waals surface area contributed by atoms with Gasteiger partial charge in [-0.15, -0.1) is 5.10 Å². The maximum absolute atomic E-state index is 14.4. The summed E-state index contributed by atoms with van der Waals surface area (Å²) < 4.78 is 54.8. The van der Waals surface area contributed by atoms with Gasteiger partial charge >= 0.3 is 0 Å². The van der Waals surface area contributed by atoms with Gasteiger partial charge in [0.25, 0.3) is 5.92 Å². The van der Waals surface area contributed by atoms with Crippen LogP contribution in [-0.2, 0) is 4.79 Å². The number of amides is 1. The van der Waals surface area contributed by atoms with Gasteiger partial charge in [-0.05, 0) is 30.7 Å². The van der Waals surface area contributed by atoms with E-state index in [1.165, 1.54) is 40.2 Å². The molecule has 1 aliphatic heterocycles. The Morgan fingerprint density at radius 1 is 1.24 bits per heavy atom. The average Bonchev–Trinajstić information content (AvgIpc) is 3.24. The van der Waals surface area contributed by atoms with Crippen molar-refractivity contribution in [3.63, 3.8) is 0 Å². The Kier molecular flexibility index (Phi) is 3.80. The van der Waals surface area contributed by atoms with Gasteiger partial charge in [0.15, 0.2) is 5.65 Å². The van der Waals surface area contributed by atoms with E-state index in [1.54, 1.807) is 6.07 Å². The van der Waals surface area contributed by atoms with Crippen LogP contribution in [0, 0.1) is 11.7 Å². The molecule has 1 saturated heterocycles. The number of aromatic nitrogens is 3. The number of carbonyl (C=O) groups is 1. The number of pyridine rings is 1. The highest BCUT2D eigenvalue weighted by atomic mass is 19.3. The number of nitrogens with one attached hydrogen (secondary N) is 1. The summed E-state index contributed by atoms with van der Waals surface area (Å²) in [5.74, 6) is -4.38. The number of anilines is 2. The predicted molar refractivity (Wildman–Crippen MR) is 97.6 cm³/mol. The zero-order valence-electron chi connectivity index (χ0n) is 14.9. The van der Waals surface area contributed by atoms with Gasteiger partial charge in [-0.25, -0.2) is 27.2 Å². The van der Waals surface area contributed by atoms with E-state index < -0.39 is 29.7 Å².